The van der Waals surface area contributed by atoms with Gasteiger partial charge in [-0.25, -0.2) is 9.59 Å². The molecule has 1 heterocycles. The van der Waals surface area contributed by atoms with Crippen LogP contribution in [0.15, 0.2) is 0 Å². The van der Waals surface area contributed by atoms with E-state index in [2.05, 4.69) is 19.2 Å². The molecule has 1 aliphatic rings. The molecule has 0 radical (unpaired) electrons. The normalized spacial score (nSPS) is 20.6. The first-order chi connectivity index (χ1) is 8.97. The highest BCUT2D eigenvalue weighted by atomic mass is 16.4. The van der Waals surface area contributed by atoms with Gasteiger partial charge in [-0.2, -0.15) is 0 Å². The SMILES string of the molecule is CCCC[C@H](NC(=O)N1CCCC1C(C)C)C(=O)O. The maximum absolute atomic E-state index is 12.2. The summed E-state index contributed by atoms with van der Waals surface area (Å²) in [6.45, 7) is 6.94. The van der Waals surface area contributed by atoms with Crippen LogP contribution in [0.4, 0.5) is 4.79 Å². The van der Waals surface area contributed by atoms with Gasteiger partial charge in [0.05, 0.1) is 0 Å². The predicted molar refractivity (Wildman–Crippen MR) is 74.0 cm³/mol. The second kappa shape index (κ2) is 7.36. The van der Waals surface area contributed by atoms with Gasteiger partial charge >= 0.3 is 12.0 Å². The van der Waals surface area contributed by atoms with Crippen LogP contribution in [-0.4, -0.2) is 40.6 Å². The topological polar surface area (TPSA) is 69.6 Å². The van der Waals surface area contributed by atoms with E-state index in [9.17, 15) is 9.59 Å². The number of likely N-dealkylation sites (tertiary alicyclic amines) is 1. The van der Waals surface area contributed by atoms with Gasteiger partial charge in [0.1, 0.15) is 6.04 Å². The van der Waals surface area contributed by atoms with Gasteiger partial charge in [0.25, 0.3) is 0 Å². The smallest absolute Gasteiger partial charge is 0.326 e. The zero-order valence-corrected chi connectivity index (χ0v) is 12.2. The number of amides is 2. The molecule has 110 valence electrons. The van der Waals surface area contributed by atoms with E-state index in [1.807, 2.05) is 6.92 Å². The van der Waals surface area contributed by atoms with Crippen molar-refractivity contribution < 1.29 is 14.7 Å². The summed E-state index contributed by atoms with van der Waals surface area (Å²) in [5, 5.41) is 11.8. The Morgan fingerprint density at radius 1 is 1.42 bits per heavy atom. The Balaban J connectivity index is 2.58. The fraction of sp³-hybridized carbons (Fsp3) is 0.857. The number of carboxylic acid groups (broad SMARTS) is 1. The highest BCUT2D eigenvalue weighted by Gasteiger charge is 2.32. The number of hydrogen-bond acceptors (Lipinski definition) is 2. The second-order valence-electron chi connectivity index (χ2n) is 5.63. The first-order valence-corrected chi connectivity index (χ1v) is 7.27. The molecule has 2 N–H and O–H groups in total. The van der Waals surface area contributed by atoms with Crippen molar-refractivity contribution in [1.82, 2.24) is 10.2 Å². The highest BCUT2D eigenvalue weighted by molar-refractivity contribution is 5.82. The molecule has 5 nitrogen and oxygen atoms in total. The van der Waals surface area contributed by atoms with Crippen LogP contribution in [0.5, 0.6) is 0 Å². The molecule has 1 aliphatic heterocycles. The van der Waals surface area contributed by atoms with E-state index in [-0.39, 0.29) is 12.1 Å². The summed E-state index contributed by atoms with van der Waals surface area (Å²) in [4.78, 5) is 25.1. The van der Waals surface area contributed by atoms with Crippen LogP contribution in [0.1, 0.15) is 52.9 Å². The number of rotatable bonds is 6. The summed E-state index contributed by atoms with van der Waals surface area (Å²) in [6.07, 6.45) is 4.25. The molecule has 1 fully saturated rings. The van der Waals surface area contributed by atoms with Crippen molar-refractivity contribution in [3.05, 3.63) is 0 Å². The van der Waals surface area contributed by atoms with Crippen LogP contribution < -0.4 is 5.32 Å². The van der Waals surface area contributed by atoms with E-state index in [0.29, 0.717) is 12.3 Å². The molecule has 1 unspecified atom stereocenters. The molecule has 1 rings (SSSR count). The van der Waals surface area contributed by atoms with Gasteiger partial charge in [-0.1, -0.05) is 33.6 Å². The summed E-state index contributed by atoms with van der Waals surface area (Å²) in [7, 11) is 0. The molecule has 0 aromatic rings. The lowest BCUT2D eigenvalue weighted by molar-refractivity contribution is -0.139. The Hall–Kier alpha value is -1.26. The maximum Gasteiger partial charge on any atom is 0.326 e. The fourth-order valence-electron chi connectivity index (χ4n) is 2.64. The Kier molecular flexibility index (Phi) is 6.12. The molecule has 0 aromatic carbocycles. The third kappa shape index (κ3) is 4.40. The van der Waals surface area contributed by atoms with Gasteiger partial charge in [0.15, 0.2) is 0 Å². The van der Waals surface area contributed by atoms with Crippen LogP contribution in [0.25, 0.3) is 0 Å². The molecular weight excluding hydrogens is 244 g/mol. The molecule has 0 aromatic heterocycles. The van der Waals surface area contributed by atoms with E-state index in [1.165, 1.54) is 0 Å². The Morgan fingerprint density at radius 2 is 2.11 bits per heavy atom. The molecule has 0 aliphatic carbocycles. The van der Waals surface area contributed by atoms with E-state index < -0.39 is 12.0 Å². The minimum atomic E-state index is -0.943. The van der Waals surface area contributed by atoms with E-state index in [4.69, 9.17) is 5.11 Å². The van der Waals surface area contributed by atoms with Gasteiger partial charge in [0.2, 0.25) is 0 Å². The number of unbranched alkanes of at least 4 members (excludes halogenated alkanes) is 1. The van der Waals surface area contributed by atoms with E-state index in [0.717, 1.165) is 32.2 Å². The van der Waals surface area contributed by atoms with Crippen LogP contribution in [0.2, 0.25) is 0 Å². The summed E-state index contributed by atoms with van der Waals surface area (Å²) in [5.41, 5.74) is 0. The zero-order valence-electron chi connectivity index (χ0n) is 12.2. The average molecular weight is 270 g/mol. The molecule has 2 atom stereocenters. The Morgan fingerprint density at radius 3 is 2.63 bits per heavy atom. The predicted octanol–water partition coefficient (Wildman–Crippen LogP) is 2.46. The summed E-state index contributed by atoms with van der Waals surface area (Å²) in [6, 6.07) is -0.749. The average Bonchev–Trinajstić information content (AvgIpc) is 2.83. The monoisotopic (exact) mass is 270 g/mol. The van der Waals surface area contributed by atoms with Crippen molar-refractivity contribution in [1.29, 1.82) is 0 Å². The lowest BCUT2D eigenvalue weighted by Crippen LogP contribution is -2.50. The molecule has 1 saturated heterocycles. The lowest BCUT2D eigenvalue weighted by Gasteiger charge is -2.29. The Labute approximate surface area is 115 Å². The zero-order chi connectivity index (χ0) is 14.4. The van der Waals surface area contributed by atoms with Gasteiger partial charge in [-0.05, 0) is 25.2 Å². The van der Waals surface area contributed by atoms with E-state index >= 15 is 0 Å². The second-order valence-corrected chi connectivity index (χ2v) is 5.63. The molecule has 0 spiro atoms. The summed E-state index contributed by atoms with van der Waals surface area (Å²) in [5.74, 6) is -0.533. The molecular formula is C14H26N2O3. The molecule has 2 amide bonds. The number of carbonyl (C=O) groups excluding carboxylic acids is 1. The van der Waals surface area contributed by atoms with Crippen LogP contribution in [-0.2, 0) is 4.79 Å². The standard InChI is InChI=1S/C14H26N2O3/c1-4-5-7-11(13(17)18)15-14(19)16-9-6-8-12(16)10(2)3/h10-12H,4-9H2,1-3H3,(H,15,19)(H,17,18)/t11-,12?/m0/s1. The molecule has 5 heteroatoms. The maximum atomic E-state index is 12.2. The third-order valence-electron chi connectivity index (χ3n) is 3.77. The number of hydrogen-bond donors (Lipinski definition) is 2. The van der Waals surface area contributed by atoms with Crippen molar-refractivity contribution in [2.24, 2.45) is 5.92 Å². The number of aliphatic carboxylic acids is 1. The fourth-order valence-corrected chi connectivity index (χ4v) is 2.64. The number of urea groups is 1. The van der Waals surface area contributed by atoms with Crippen molar-refractivity contribution in [2.75, 3.05) is 6.54 Å². The largest absolute Gasteiger partial charge is 0.480 e. The number of carbonyl (C=O) groups is 2. The van der Waals surface area contributed by atoms with Crippen molar-refractivity contribution in [2.45, 2.75) is 65.0 Å². The van der Waals surface area contributed by atoms with Gasteiger partial charge in [-0.15, -0.1) is 0 Å². The number of nitrogens with zero attached hydrogens (tertiary/aromatic N) is 1. The number of carboxylic acids is 1. The molecule has 19 heavy (non-hydrogen) atoms. The van der Waals surface area contributed by atoms with Crippen LogP contribution in [0.3, 0.4) is 0 Å². The Bertz CT molecular complexity index is 318. The van der Waals surface area contributed by atoms with E-state index in [1.54, 1.807) is 4.90 Å². The van der Waals surface area contributed by atoms with Crippen molar-refractivity contribution in [3.8, 4) is 0 Å². The van der Waals surface area contributed by atoms with Crippen molar-refractivity contribution in [3.63, 3.8) is 0 Å². The first kappa shape index (κ1) is 15.8. The minimum Gasteiger partial charge on any atom is -0.480 e. The summed E-state index contributed by atoms with van der Waals surface area (Å²) < 4.78 is 0. The quantitative estimate of drug-likeness (QED) is 0.779. The number of nitrogens with one attached hydrogen (secondary N) is 1. The molecule has 0 bridgehead atoms. The summed E-state index contributed by atoms with van der Waals surface area (Å²) >= 11 is 0. The van der Waals surface area contributed by atoms with Gasteiger partial charge in [-0.3, -0.25) is 0 Å². The van der Waals surface area contributed by atoms with Crippen molar-refractivity contribution >= 4 is 12.0 Å². The van der Waals surface area contributed by atoms with Crippen LogP contribution in [0, 0.1) is 5.92 Å². The molecule has 0 saturated carbocycles. The van der Waals surface area contributed by atoms with Gasteiger partial charge in [0, 0.05) is 12.6 Å². The third-order valence-corrected chi connectivity index (χ3v) is 3.77. The highest BCUT2D eigenvalue weighted by Crippen LogP contribution is 2.23. The first-order valence-electron chi connectivity index (χ1n) is 7.27. The lowest BCUT2D eigenvalue weighted by atomic mass is 10.0. The van der Waals surface area contributed by atoms with Gasteiger partial charge < -0.3 is 15.3 Å². The minimum absolute atomic E-state index is 0.222. The van der Waals surface area contributed by atoms with Crippen LogP contribution >= 0.6 is 0 Å².